The summed E-state index contributed by atoms with van der Waals surface area (Å²) >= 11 is 0. The van der Waals surface area contributed by atoms with E-state index in [1.54, 1.807) is 6.20 Å². The molecule has 4 heteroatoms. The number of rotatable bonds is 7. The van der Waals surface area contributed by atoms with E-state index in [1.165, 1.54) is 0 Å². The maximum Gasteiger partial charge on any atom is 0.121 e. The number of nitrogens with one attached hydrogen (secondary N) is 1. The highest BCUT2D eigenvalue weighted by Gasteiger charge is 2.01. The van der Waals surface area contributed by atoms with Crippen LogP contribution in [-0.2, 0) is 6.54 Å². The molecule has 0 aliphatic carbocycles. The number of hydrogen-bond donors (Lipinski definition) is 1. The smallest absolute Gasteiger partial charge is 0.121 e. The van der Waals surface area contributed by atoms with E-state index in [0.717, 1.165) is 30.9 Å². The molecule has 0 saturated heterocycles. The average molecular weight is 259 g/mol. The Hall–Kier alpha value is -1.97. The van der Waals surface area contributed by atoms with Gasteiger partial charge in [0.05, 0.1) is 12.6 Å². The molecule has 0 radical (unpaired) electrons. The van der Waals surface area contributed by atoms with E-state index in [2.05, 4.69) is 24.3 Å². The first-order valence-electron chi connectivity index (χ1n) is 6.76. The van der Waals surface area contributed by atoms with E-state index < -0.39 is 0 Å². The summed E-state index contributed by atoms with van der Waals surface area (Å²) in [5, 5.41) is 7.54. The first-order valence-corrected chi connectivity index (χ1v) is 6.76. The van der Waals surface area contributed by atoms with E-state index in [0.29, 0.717) is 0 Å². The standard InChI is InChI=1S/C15H21N3O/c1-3-13(2)19-15-7-4-6-14(12-15)16-9-11-18-10-5-8-17-18/h4-8,10,12-13,16H,3,9,11H2,1-2H3. The van der Waals surface area contributed by atoms with Crippen molar-refractivity contribution in [2.45, 2.75) is 32.9 Å². The highest BCUT2D eigenvalue weighted by atomic mass is 16.5. The fourth-order valence-electron chi connectivity index (χ4n) is 1.74. The van der Waals surface area contributed by atoms with Gasteiger partial charge in [-0.15, -0.1) is 0 Å². The van der Waals surface area contributed by atoms with Gasteiger partial charge >= 0.3 is 0 Å². The molecule has 0 spiro atoms. The summed E-state index contributed by atoms with van der Waals surface area (Å²) in [5.41, 5.74) is 1.08. The predicted molar refractivity (Wildman–Crippen MR) is 77.5 cm³/mol. The van der Waals surface area contributed by atoms with Crippen LogP contribution in [0.1, 0.15) is 20.3 Å². The van der Waals surface area contributed by atoms with E-state index in [-0.39, 0.29) is 6.10 Å². The normalized spacial score (nSPS) is 12.1. The van der Waals surface area contributed by atoms with Gasteiger partial charge in [-0.05, 0) is 31.5 Å². The number of aromatic nitrogens is 2. The molecule has 1 atom stereocenters. The summed E-state index contributed by atoms with van der Waals surface area (Å²) in [6, 6.07) is 10.0. The SMILES string of the molecule is CCC(C)Oc1cccc(NCCn2cccn2)c1. The molecule has 0 bridgehead atoms. The van der Waals surface area contributed by atoms with Gasteiger partial charge in [0.1, 0.15) is 5.75 Å². The van der Waals surface area contributed by atoms with E-state index in [4.69, 9.17) is 4.74 Å². The maximum absolute atomic E-state index is 5.80. The van der Waals surface area contributed by atoms with Gasteiger partial charge in [0.15, 0.2) is 0 Å². The van der Waals surface area contributed by atoms with Crippen LogP contribution in [-0.4, -0.2) is 22.4 Å². The first kappa shape index (κ1) is 13.5. The highest BCUT2D eigenvalue weighted by Crippen LogP contribution is 2.19. The van der Waals surface area contributed by atoms with Gasteiger partial charge in [0, 0.05) is 30.7 Å². The zero-order chi connectivity index (χ0) is 13.5. The molecule has 19 heavy (non-hydrogen) atoms. The minimum atomic E-state index is 0.249. The molecule has 0 aliphatic heterocycles. The molecule has 1 unspecified atom stereocenters. The van der Waals surface area contributed by atoms with Crippen molar-refractivity contribution < 1.29 is 4.74 Å². The summed E-state index contributed by atoms with van der Waals surface area (Å²) in [7, 11) is 0. The summed E-state index contributed by atoms with van der Waals surface area (Å²) in [6.07, 6.45) is 5.01. The minimum Gasteiger partial charge on any atom is -0.491 e. The second-order valence-electron chi connectivity index (χ2n) is 4.56. The molecule has 1 aromatic heterocycles. The second-order valence-corrected chi connectivity index (χ2v) is 4.56. The Balaban J connectivity index is 1.84. The van der Waals surface area contributed by atoms with Gasteiger partial charge in [0.2, 0.25) is 0 Å². The molecule has 4 nitrogen and oxygen atoms in total. The number of benzene rings is 1. The van der Waals surface area contributed by atoms with Gasteiger partial charge in [-0.1, -0.05) is 13.0 Å². The van der Waals surface area contributed by atoms with Crippen molar-refractivity contribution in [3.05, 3.63) is 42.7 Å². The molecular weight excluding hydrogens is 238 g/mol. The van der Waals surface area contributed by atoms with Crippen molar-refractivity contribution in [3.8, 4) is 5.75 Å². The number of ether oxygens (including phenoxy) is 1. The van der Waals surface area contributed by atoms with Crippen LogP contribution in [0.5, 0.6) is 5.75 Å². The quantitative estimate of drug-likeness (QED) is 0.830. The first-order chi connectivity index (χ1) is 9.28. The Kier molecular flexibility index (Phi) is 4.84. The lowest BCUT2D eigenvalue weighted by atomic mass is 10.2. The number of anilines is 1. The summed E-state index contributed by atoms with van der Waals surface area (Å²) < 4.78 is 7.71. The van der Waals surface area contributed by atoms with Crippen LogP contribution in [0.25, 0.3) is 0 Å². The third-order valence-corrected chi connectivity index (χ3v) is 2.98. The third-order valence-electron chi connectivity index (χ3n) is 2.98. The second kappa shape index (κ2) is 6.83. The Bertz CT molecular complexity index is 482. The van der Waals surface area contributed by atoms with Crippen molar-refractivity contribution in [2.24, 2.45) is 0 Å². The fraction of sp³-hybridized carbons (Fsp3) is 0.400. The molecule has 2 rings (SSSR count). The van der Waals surface area contributed by atoms with Crippen molar-refractivity contribution in [3.63, 3.8) is 0 Å². The van der Waals surface area contributed by atoms with Crippen LogP contribution < -0.4 is 10.1 Å². The lowest BCUT2D eigenvalue weighted by Gasteiger charge is -2.14. The number of nitrogens with zero attached hydrogens (tertiary/aromatic N) is 2. The van der Waals surface area contributed by atoms with Gasteiger partial charge in [0.25, 0.3) is 0 Å². The molecule has 0 amide bonds. The van der Waals surface area contributed by atoms with Gasteiger partial charge < -0.3 is 10.1 Å². The van der Waals surface area contributed by atoms with Gasteiger partial charge in [-0.3, -0.25) is 4.68 Å². The molecule has 102 valence electrons. The van der Waals surface area contributed by atoms with Crippen LogP contribution in [0, 0.1) is 0 Å². The topological polar surface area (TPSA) is 39.1 Å². The molecule has 2 aromatic rings. The highest BCUT2D eigenvalue weighted by molar-refractivity contribution is 5.48. The van der Waals surface area contributed by atoms with Crippen molar-refractivity contribution >= 4 is 5.69 Å². The van der Waals surface area contributed by atoms with Crippen LogP contribution in [0.4, 0.5) is 5.69 Å². The van der Waals surface area contributed by atoms with E-state index >= 15 is 0 Å². The fourth-order valence-corrected chi connectivity index (χ4v) is 1.74. The van der Waals surface area contributed by atoms with Crippen LogP contribution in [0.15, 0.2) is 42.7 Å². The molecule has 0 aliphatic rings. The van der Waals surface area contributed by atoms with Crippen LogP contribution >= 0.6 is 0 Å². The predicted octanol–water partition coefficient (Wildman–Crippen LogP) is 3.17. The molecular formula is C15H21N3O. The Morgan fingerprint density at radius 3 is 3.00 bits per heavy atom. The third kappa shape index (κ3) is 4.32. The Morgan fingerprint density at radius 1 is 1.37 bits per heavy atom. The lowest BCUT2D eigenvalue weighted by molar-refractivity contribution is 0.217. The molecule has 0 fully saturated rings. The van der Waals surface area contributed by atoms with Crippen molar-refractivity contribution in [1.29, 1.82) is 0 Å². The summed E-state index contributed by atoms with van der Waals surface area (Å²) in [6.45, 7) is 5.90. The molecule has 1 heterocycles. The lowest BCUT2D eigenvalue weighted by Crippen LogP contribution is -2.12. The van der Waals surface area contributed by atoms with Crippen LogP contribution in [0.3, 0.4) is 0 Å². The van der Waals surface area contributed by atoms with Gasteiger partial charge in [-0.25, -0.2) is 0 Å². The maximum atomic E-state index is 5.80. The molecule has 1 aromatic carbocycles. The minimum absolute atomic E-state index is 0.249. The average Bonchev–Trinajstić information content (AvgIpc) is 2.92. The number of hydrogen-bond acceptors (Lipinski definition) is 3. The van der Waals surface area contributed by atoms with E-state index in [1.807, 2.05) is 41.2 Å². The van der Waals surface area contributed by atoms with E-state index in [9.17, 15) is 0 Å². The molecule has 0 saturated carbocycles. The van der Waals surface area contributed by atoms with Gasteiger partial charge in [-0.2, -0.15) is 5.10 Å². The zero-order valence-electron chi connectivity index (χ0n) is 11.5. The zero-order valence-corrected chi connectivity index (χ0v) is 11.5. The monoisotopic (exact) mass is 259 g/mol. The van der Waals surface area contributed by atoms with Crippen molar-refractivity contribution in [2.75, 3.05) is 11.9 Å². The largest absolute Gasteiger partial charge is 0.491 e. The molecule has 1 N–H and O–H groups in total. The van der Waals surface area contributed by atoms with Crippen molar-refractivity contribution in [1.82, 2.24) is 9.78 Å². The van der Waals surface area contributed by atoms with Crippen LogP contribution in [0.2, 0.25) is 0 Å². The Morgan fingerprint density at radius 2 is 2.26 bits per heavy atom. The Labute approximate surface area is 114 Å². The summed E-state index contributed by atoms with van der Waals surface area (Å²) in [4.78, 5) is 0. The summed E-state index contributed by atoms with van der Waals surface area (Å²) in [5.74, 6) is 0.915.